The summed E-state index contributed by atoms with van der Waals surface area (Å²) in [6.07, 6.45) is 9.76. The molecule has 2 unspecified atom stereocenters. The van der Waals surface area contributed by atoms with E-state index in [1.165, 1.54) is 19.3 Å². The first kappa shape index (κ1) is 10.3. The van der Waals surface area contributed by atoms with Crippen LogP contribution in [-0.4, -0.2) is 16.1 Å². The van der Waals surface area contributed by atoms with Crippen molar-refractivity contribution in [3.05, 3.63) is 25.0 Å². The van der Waals surface area contributed by atoms with Gasteiger partial charge < -0.3 is 9.88 Å². The number of rotatable bonds is 4. The van der Waals surface area contributed by atoms with Crippen molar-refractivity contribution in [3.8, 4) is 0 Å². The first-order chi connectivity index (χ1) is 7.33. The van der Waals surface area contributed by atoms with Crippen LogP contribution >= 0.6 is 0 Å². The summed E-state index contributed by atoms with van der Waals surface area (Å²) in [5.41, 5.74) is 0. The maximum Gasteiger partial charge on any atom is 0.203 e. The van der Waals surface area contributed by atoms with Gasteiger partial charge in [-0.25, -0.2) is 4.98 Å². The highest BCUT2D eigenvalue weighted by Gasteiger charge is 2.26. The molecule has 2 atom stereocenters. The monoisotopic (exact) mass is 205 g/mol. The number of anilines is 1. The summed E-state index contributed by atoms with van der Waals surface area (Å²) in [5.74, 6) is 1.75. The predicted molar refractivity (Wildman–Crippen MR) is 63.0 cm³/mol. The molecule has 0 radical (unpaired) electrons. The molecule has 1 fully saturated rings. The lowest BCUT2D eigenvalue weighted by Crippen LogP contribution is -2.14. The van der Waals surface area contributed by atoms with Gasteiger partial charge in [-0.2, -0.15) is 0 Å². The molecule has 3 heteroatoms. The van der Waals surface area contributed by atoms with Crippen LogP contribution in [0.3, 0.4) is 0 Å². The molecule has 1 saturated carbocycles. The van der Waals surface area contributed by atoms with Crippen LogP contribution in [0, 0.1) is 5.92 Å². The van der Waals surface area contributed by atoms with Crippen LogP contribution in [0.1, 0.15) is 32.2 Å². The number of nitrogens with one attached hydrogen (secondary N) is 1. The van der Waals surface area contributed by atoms with Gasteiger partial charge >= 0.3 is 0 Å². The van der Waals surface area contributed by atoms with E-state index in [1.54, 1.807) is 0 Å². The molecule has 1 N–H and O–H groups in total. The van der Waals surface area contributed by atoms with Gasteiger partial charge in [-0.3, -0.25) is 0 Å². The zero-order chi connectivity index (χ0) is 10.7. The molecule has 0 amide bonds. The zero-order valence-electron chi connectivity index (χ0n) is 9.32. The maximum atomic E-state index is 4.34. The van der Waals surface area contributed by atoms with E-state index >= 15 is 0 Å². The van der Waals surface area contributed by atoms with Gasteiger partial charge in [-0.1, -0.05) is 19.4 Å². The number of imidazole rings is 1. The largest absolute Gasteiger partial charge is 0.352 e. The van der Waals surface area contributed by atoms with E-state index in [-0.39, 0.29) is 0 Å². The highest BCUT2D eigenvalue weighted by atomic mass is 15.2. The molecule has 1 heterocycles. The van der Waals surface area contributed by atoms with Crippen LogP contribution in [0.15, 0.2) is 25.0 Å². The minimum Gasteiger partial charge on any atom is -0.352 e. The molecule has 1 aromatic heterocycles. The Morgan fingerprint density at radius 1 is 1.67 bits per heavy atom. The lowest BCUT2D eigenvalue weighted by atomic mass is 10.1. The molecule has 0 aromatic carbocycles. The molecule has 3 nitrogen and oxygen atoms in total. The second-order valence-electron chi connectivity index (χ2n) is 4.30. The topological polar surface area (TPSA) is 29.9 Å². The Labute approximate surface area is 91.2 Å². The summed E-state index contributed by atoms with van der Waals surface area (Å²) >= 11 is 0. The molecular weight excluding hydrogens is 186 g/mol. The third kappa shape index (κ3) is 2.06. The summed E-state index contributed by atoms with van der Waals surface area (Å²) in [7, 11) is 0. The van der Waals surface area contributed by atoms with Crippen molar-refractivity contribution >= 4 is 5.95 Å². The lowest BCUT2D eigenvalue weighted by Gasteiger charge is -2.19. The summed E-state index contributed by atoms with van der Waals surface area (Å²) in [6, 6.07) is 0.625. The lowest BCUT2D eigenvalue weighted by molar-refractivity contribution is 0.411. The number of aromatic nitrogens is 2. The van der Waals surface area contributed by atoms with Gasteiger partial charge in [0.1, 0.15) is 0 Å². The number of hydrogen-bond acceptors (Lipinski definition) is 2. The van der Waals surface area contributed by atoms with Crippen molar-refractivity contribution in [2.24, 2.45) is 5.92 Å². The number of nitrogens with zero attached hydrogens (tertiary/aromatic N) is 2. The van der Waals surface area contributed by atoms with E-state index in [1.807, 2.05) is 12.3 Å². The van der Waals surface area contributed by atoms with E-state index in [0.29, 0.717) is 6.04 Å². The van der Waals surface area contributed by atoms with Crippen molar-refractivity contribution in [1.29, 1.82) is 0 Å². The molecule has 1 aromatic rings. The summed E-state index contributed by atoms with van der Waals surface area (Å²) in [5, 5.41) is 3.27. The first-order valence-electron chi connectivity index (χ1n) is 5.70. The SMILES string of the molecule is C=CCNc1nccn1C1CCCC1C. The molecule has 0 saturated heterocycles. The Kier molecular flexibility index (Phi) is 3.09. The van der Waals surface area contributed by atoms with Crippen molar-refractivity contribution in [2.45, 2.75) is 32.2 Å². The van der Waals surface area contributed by atoms with Gasteiger partial charge in [-0.15, -0.1) is 6.58 Å². The molecular formula is C12H19N3. The first-order valence-corrected chi connectivity index (χ1v) is 5.70. The molecule has 1 aliphatic carbocycles. The van der Waals surface area contributed by atoms with E-state index in [9.17, 15) is 0 Å². The van der Waals surface area contributed by atoms with Crippen molar-refractivity contribution < 1.29 is 0 Å². The van der Waals surface area contributed by atoms with Gasteiger partial charge in [0, 0.05) is 25.0 Å². The Hall–Kier alpha value is -1.25. The minimum atomic E-state index is 0.625. The second-order valence-corrected chi connectivity index (χ2v) is 4.30. The summed E-state index contributed by atoms with van der Waals surface area (Å²) in [6.45, 7) is 6.81. The fraction of sp³-hybridized carbons (Fsp3) is 0.583. The van der Waals surface area contributed by atoms with Crippen molar-refractivity contribution in [3.63, 3.8) is 0 Å². The van der Waals surface area contributed by atoms with E-state index in [0.717, 1.165) is 18.4 Å². The van der Waals surface area contributed by atoms with Gasteiger partial charge in [-0.05, 0) is 18.8 Å². The molecule has 0 spiro atoms. The van der Waals surface area contributed by atoms with Crippen molar-refractivity contribution in [1.82, 2.24) is 9.55 Å². The van der Waals surface area contributed by atoms with Gasteiger partial charge in [0.2, 0.25) is 5.95 Å². The predicted octanol–water partition coefficient (Wildman–Crippen LogP) is 2.84. The van der Waals surface area contributed by atoms with E-state index in [4.69, 9.17) is 0 Å². The molecule has 1 aliphatic rings. The smallest absolute Gasteiger partial charge is 0.203 e. The van der Waals surface area contributed by atoms with Gasteiger partial charge in [0.05, 0.1) is 0 Å². The Morgan fingerprint density at radius 2 is 2.53 bits per heavy atom. The Balaban J connectivity index is 2.12. The minimum absolute atomic E-state index is 0.625. The fourth-order valence-corrected chi connectivity index (χ4v) is 2.42. The normalized spacial score (nSPS) is 25.4. The summed E-state index contributed by atoms with van der Waals surface area (Å²) < 4.78 is 2.28. The van der Waals surface area contributed by atoms with Crippen LogP contribution < -0.4 is 5.32 Å². The van der Waals surface area contributed by atoms with Gasteiger partial charge in [0.25, 0.3) is 0 Å². The molecule has 0 bridgehead atoms. The highest BCUT2D eigenvalue weighted by molar-refractivity contribution is 5.28. The molecule has 0 aliphatic heterocycles. The fourth-order valence-electron chi connectivity index (χ4n) is 2.42. The zero-order valence-corrected chi connectivity index (χ0v) is 9.32. The Morgan fingerprint density at radius 3 is 3.20 bits per heavy atom. The average Bonchev–Trinajstić information content (AvgIpc) is 2.82. The maximum absolute atomic E-state index is 4.34. The van der Waals surface area contributed by atoms with E-state index < -0.39 is 0 Å². The van der Waals surface area contributed by atoms with Crippen LogP contribution in [0.2, 0.25) is 0 Å². The molecule has 82 valence electrons. The molecule has 2 rings (SSSR count). The Bertz CT molecular complexity index is 329. The third-order valence-corrected chi connectivity index (χ3v) is 3.25. The van der Waals surface area contributed by atoms with E-state index in [2.05, 4.69) is 34.6 Å². The van der Waals surface area contributed by atoms with Crippen LogP contribution in [0.5, 0.6) is 0 Å². The van der Waals surface area contributed by atoms with Crippen molar-refractivity contribution in [2.75, 3.05) is 11.9 Å². The van der Waals surface area contributed by atoms with Crippen LogP contribution in [0.4, 0.5) is 5.95 Å². The van der Waals surface area contributed by atoms with Crippen LogP contribution in [-0.2, 0) is 0 Å². The highest BCUT2D eigenvalue weighted by Crippen LogP contribution is 2.36. The molecule has 15 heavy (non-hydrogen) atoms. The average molecular weight is 205 g/mol. The number of hydrogen-bond donors (Lipinski definition) is 1. The summed E-state index contributed by atoms with van der Waals surface area (Å²) in [4.78, 5) is 4.34. The quantitative estimate of drug-likeness (QED) is 0.766. The standard InChI is InChI=1S/C12H19N3/c1-3-7-13-12-14-8-9-15(12)11-6-4-5-10(11)2/h3,8-11H,1,4-7H2,2H3,(H,13,14). The third-order valence-electron chi connectivity index (χ3n) is 3.25. The second kappa shape index (κ2) is 4.51. The van der Waals surface area contributed by atoms with Gasteiger partial charge in [0.15, 0.2) is 0 Å². The van der Waals surface area contributed by atoms with Crippen LogP contribution in [0.25, 0.3) is 0 Å².